The van der Waals surface area contributed by atoms with Crippen molar-refractivity contribution in [2.45, 2.75) is 12.5 Å². The molecule has 0 N–H and O–H groups in total. The lowest BCUT2D eigenvalue weighted by Crippen LogP contribution is -2.27. The monoisotopic (exact) mass is 403 g/mol. The van der Waals surface area contributed by atoms with E-state index in [0.717, 1.165) is 19.6 Å². The van der Waals surface area contributed by atoms with E-state index in [1.165, 1.54) is 12.1 Å². The molecule has 7 nitrogen and oxygen atoms in total. The maximum absolute atomic E-state index is 13.9. The van der Waals surface area contributed by atoms with E-state index >= 15 is 0 Å². The molecule has 9 heteroatoms. The van der Waals surface area contributed by atoms with Crippen LogP contribution in [0.1, 0.15) is 5.82 Å². The third kappa shape index (κ3) is 3.01. The zero-order valence-electron chi connectivity index (χ0n) is 15.3. The third-order valence-corrected chi connectivity index (χ3v) is 5.74. The van der Waals surface area contributed by atoms with Crippen LogP contribution in [0.2, 0.25) is 5.15 Å². The van der Waals surface area contributed by atoms with E-state index in [9.17, 15) is 4.39 Å². The summed E-state index contributed by atoms with van der Waals surface area (Å²) in [7, 11) is 1.73. The van der Waals surface area contributed by atoms with Gasteiger partial charge in [0, 0.05) is 45.1 Å². The summed E-state index contributed by atoms with van der Waals surface area (Å²) in [6, 6.07) is 4.39. The summed E-state index contributed by atoms with van der Waals surface area (Å²) >= 11 is 6.42. The second-order valence-corrected chi connectivity index (χ2v) is 7.54. The molecule has 4 heterocycles. The molecule has 146 valence electrons. The fraction of sp³-hybridized carbons (Fsp3) is 0.421. The van der Waals surface area contributed by atoms with Crippen LogP contribution >= 0.6 is 11.6 Å². The molecule has 0 spiro atoms. The van der Waals surface area contributed by atoms with Crippen LogP contribution in [0.5, 0.6) is 5.75 Å². The summed E-state index contributed by atoms with van der Waals surface area (Å²) in [4.78, 5) is 11.5. The van der Waals surface area contributed by atoms with Gasteiger partial charge in [0.2, 0.25) is 0 Å². The van der Waals surface area contributed by atoms with Gasteiger partial charge in [0.25, 0.3) is 0 Å². The lowest BCUT2D eigenvalue weighted by Gasteiger charge is -2.17. The molecule has 28 heavy (non-hydrogen) atoms. The van der Waals surface area contributed by atoms with Crippen LogP contribution in [0.15, 0.2) is 24.4 Å². The highest BCUT2D eigenvalue weighted by atomic mass is 35.5. The summed E-state index contributed by atoms with van der Waals surface area (Å²) < 4.78 is 27.1. The minimum atomic E-state index is -0.367. The fourth-order valence-corrected chi connectivity index (χ4v) is 4.28. The average Bonchev–Trinajstić information content (AvgIpc) is 3.26. The number of methoxy groups -OCH3 is 1. The highest BCUT2D eigenvalue weighted by Gasteiger charge is 2.34. The molecule has 3 atom stereocenters. The van der Waals surface area contributed by atoms with Crippen molar-refractivity contribution in [1.82, 2.24) is 24.6 Å². The molecule has 0 aliphatic carbocycles. The summed E-state index contributed by atoms with van der Waals surface area (Å²) in [5.41, 5.74) is 1.20. The Morgan fingerprint density at radius 1 is 1.29 bits per heavy atom. The second kappa shape index (κ2) is 6.95. The Morgan fingerprint density at radius 3 is 3.04 bits per heavy atom. The quantitative estimate of drug-likeness (QED) is 0.582. The molecule has 2 aliphatic heterocycles. The van der Waals surface area contributed by atoms with Gasteiger partial charge in [-0.15, -0.1) is 0 Å². The summed E-state index contributed by atoms with van der Waals surface area (Å²) in [5.74, 6) is 0.959. The number of rotatable bonds is 1. The van der Waals surface area contributed by atoms with E-state index in [1.807, 2.05) is 0 Å². The number of benzene rings is 1. The van der Waals surface area contributed by atoms with Crippen molar-refractivity contribution in [3.8, 4) is 11.4 Å². The van der Waals surface area contributed by atoms with Crippen LogP contribution in [0.4, 0.5) is 4.39 Å². The number of halogens is 2. The predicted octanol–water partition coefficient (Wildman–Crippen LogP) is 2.49. The zero-order chi connectivity index (χ0) is 19.3. The SMILES string of the molecule is CO[C@@H]1CN2CCOc3cc(F)ccc3-n3ncc4c(Cl)nc(nc43)C[C@H]1C2. The predicted molar refractivity (Wildman–Crippen MR) is 102 cm³/mol. The summed E-state index contributed by atoms with van der Waals surface area (Å²) in [6.45, 7) is 2.83. The van der Waals surface area contributed by atoms with Crippen LogP contribution in [-0.2, 0) is 11.2 Å². The standard InChI is InChI=1S/C19H19ClFN5O2/c1-27-16-10-25-4-5-28-15-7-12(21)2-3-14(15)26-19-13(8-22-26)18(20)23-17(24-19)6-11(16)9-25/h2-3,7-8,11,16H,4-6,9-10H2,1H3/t11-,16+/m0/s1. The highest BCUT2D eigenvalue weighted by Crippen LogP contribution is 2.30. The molecule has 1 saturated heterocycles. The van der Waals surface area contributed by atoms with Gasteiger partial charge >= 0.3 is 0 Å². The number of hydrogen-bond acceptors (Lipinski definition) is 6. The first-order valence-corrected chi connectivity index (χ1v) is 9.58. The Balaban J connectivity index is 1.68. The molecule has 2 aromatic heterocycles. The van der Waals surface area contributed by atoms with Crippen LogP contribution in [0.25, 0.3) is 16.7 Å². The molecule has 1 unspecified atom stereocenters. The van der Waals surface area contributed by atoms with Crippen molar-refractivity contribution >= 4 is 22.6 Å². The van der Waals surface area contributed by atoms with Crippen LogP contribution in [0, 0.1) is 11.7 Å². The summed E-state index contributed by atoms with van der Waals surface area (Å²) in [6.07, 6.45) is 2.37. The molecule has 0 radical (unpaired) electrons. The Hall–Kier alpha value is -2.29. The van der Waals surface area contributed by atoms with Crippen molar-refractivity contribution in [1.29, 1.82) is 0 Å². The van der Waals surface area contributed by atoms with Crippen LogP contribution < -0.4 is 4.74 Å². The lowest BCUT2D eigenvalue weighted by molar-refractivity contribution is 0.0772. The van der Waals surface area contributed by atoms with Gasteiger partial charge in [-0.25, -0.2) is 19.0 Å². The molecule has 1 fully saturated rings. The van der Waals surface area contributed by atoms with Gasteiger partial charge in [-0.2, -0.15) is 5.10 Å². The van der Waals surface area contributed by atoms with Crippen LogP contribution in [-0.4, -0.2) is 64.1 Å². The largest absolute Gasteiger partial charge is 0.490 e. The first kappa shape index (κ1) is 17.8. The summed E-state index contributed by atoms with van der Waals surface area (Å²) in [5, 5.41) is 5.41. The maximum Gasteiger partial charge on any atom is 0.168 e. The van der Waals surface area contributed by atoms with Crippen molar-refractivity contribution in [3.05, 3.63) is 41.2 Å². The van der Waals surface area contributed by atoms with E-state index in [1.54, 1.807) is 24.1 Å². The lowest BCUT2D eigenvalue weighted by atomic mass is 10.0. The van der Waals surface area contributed by atoms with E-state index < -0.39 is 0 Å². The van der Waals surface area contributed by atoms with E-state index in [0.29, 0.717) is 46.5 Å². The van der Waals surface area contributed by atoms with Crippen molar-refractivity contribution in [2.24, 2.45) is 5.92 Å². The number of ether oxygens (including phenoxy) is 2. The minimum Gasteiger partial charge on any atom is -0.490 e. The highest BCUT2D eigenvalue weighted by molar-refractivity contribution is 6.33. The van der Waals surface area contributed by atoms with Crippen molar-refractivity contribution < 1.29 is 13.9 Å². The molecule has 1 aromatic carbocycles. The smallest absolute Gasteiger partial charge is 0.168 e. The van der Waals surface area contributed by atoms with E-state index in [-0.39, 0.29) is 17.8 Å². The molecule has 5 rings (SSSR count). The first-order chi connectivity index (χ1) is 13.6. The molecule has 4 bridgehead atoms. The van der Waals surface area contributed by atoms with E-state index in [4.69, 9.17) is 26.1 Å². The Kier molecular flexibility index (Phi) is 4.41. The Bertz CT molecular complexity index is 1040. The van der Waals surface area contributed by atoms with Gasteiger partial charge in [0.15, 0.2) is 5.65 Å². The molecule has 0 saturated carbocycles. The van der Waals surface area contributed by atoms with Crippen LogP contribution in [0.3, 0.4) is 0 Å². The number of nitrogens with zero attached hydrogens (tertiary/aromatic N) is 5. The molecule has 2 aliphatic rings. The van der Waals surface area contributed by atoms with Gasteiger partial charge in [-0.05, 0) is 12.1 Å². The topological polar surface area (TPSA) is 65.3 Å². The number of aromatic nitrogens is 4. The zero-order valence-corrected chi connectivity index (χ0v) is 16.1. The number of hydrogen-bond donors (Lipinski definition) is 0. The maximum atomic E-state index is 13.9. The van der Waals surface area contributed by atoms with Gasteiger partial charge in [0.1, 0.15) is 34.8 Å². The normalized spacial score (nSPS) is 24.3. The molecular weight excluding hydrogens is 385 g/mol. The number of fused-ring (bicyclic) bond motifs is 5. The van der Waals surface area contributed by atoms with Crippen molar-refractivity contribution in [3.63, 3.8) is 0 Å². The third-order valence-electron chi connectivity index (χ3n) is 5.45. The Morgan fingerprint density at radius 2 is 2.18 bits per heavy atom. The second-order valence-electron chi connectivity index (χ2n) is 7.18. The first-order valence-electron chi connectivity index (χ1n) is 9.20. The van der Waals surface area contributed by atoms with Gasteiger partial charge in [-0.3, -0.25) is 4.90 Å². The molecular formula is C19H19ClFN5O2. The average molecular weight is 404 g/mol. The van der Waals surface area contributed by atoms with Gasteiger partial charge < -0.3 is 9.47 Å². The van der Waals surface area contributed by atoms with E-state index in [2.05, 4.69) is 15.0 Å². The fourth-order valence-electron chi connectivity index (χ4n) is 4.05. The molecule has 3 aromatic rings. The van der Waals surface area contributed by atoms with Gasteiger partial charge in [0.05, 0.1) is 17.7 Å². The van der Waals surface area contributed by atoms with Crippen molar-refractivity contribution in [2.75, 3.05) is 33.4 Å². The Labute approximate surface area is 166 Å². The van der Waals surface area contributed by atoms with Gasteiger partial charge in [-0.1, -0.05) is 11.6 Å². The minimum absolute atomic E-state index is 0.0932. The molecule has 0 amide bonds.